The summed E-state index contributed by atoms with van der Waals surface area (Å²) in [6.45, 7) is 3.27. The van der Waals surface area contributed by atoms with E-state index in [4.69, 9.17) is 20.9 Å². The molecule has 2 saturated carbocycles. The lowest BCUT2D eigenvalue weighted by atomic mass is 9.84. The van der Waals surface area contributed by atoms with Crippen molar-refractivity contribution in [2.45, 2.75) is 57.0 Å². The average molecular weight is 627 g/mol. The van der Waals surface area contributed by atoms with Gasteiger partial charge in [0.1, 0.15) is 11.6 Å². The normalized spacial score (nSPS) is 17.9. The van der Waals surface area contributed by atoms with Crippen LogP contribution in [0.2, 0.25) is 0 Å². The Labute approximate surface area is 264 Å². The van der Waals surface area contributed by atoms with Crippen molar-refractivity contribution in [3.63, 3.8) is 0 Å². The van der Waals surface area contributed by atoms with Crippen molar-refractivity contribution in [3.05, 3.63) is 48.4 Å². The highest BCUT2D eigenvalue weighted by atomic mass is 35.5. The van der Waals surface area contributed by atoms with Gasteiger partial charge < -0.3 is 36.5 Å². The summed E-state index contributed by atoms with van der Waals surface area (Å²) in [5, 5.41) is 7.31. The lowest BCUT2D eigenvalue weighted by molar-refractivity contribution is -0.126. The number of nitrogens with two attached hydrogens (primary N) is 2. The molecule has 5 rings (SSSR count). The second-order valence-electron chi connectivity index (χ2n) is 11.1. The number of amides is 2. The minimum absolute atomic E-state index is 0. The molecule has 0 atom stereocenters. The van der Waals surface area contributed by atoms with Gasteiger partial charge in [0.15, 0.2) is 0 Å². The zero-order valence-electron chi connectivity index (χ0n) is 25.0. The topological polar surface area (TPSA) is 171 Å². The van der Waals surface area contributed by atoms with Gasteiger partial charge in [-0.3, -0.25) is 14.6 Å². The van der Waals surface area contributed by atoms with Crippen LogP contribution in [0.1, 0.15) is 55.3 Å². The molecule has 0 saturated heterocycles. The van der Waals surface area contributed by atoms with Crippen molar-refractivity contribution >= 4 is 52.4 Å². The number of aromatic nitrogens is 3. The number of halogens is 1. The van der Waals surface area contributed by atoms with Crippen molar-refractivity contribution in [2.24, 2.45) is 17.4 Å². The Morgan fingerprint density at radius 2 is 1.66 bits per heavy atom. The number of ether oxygens (including phenoxy) is 2. The van der Waals surface area contributed by atoms with Crippen LogP contribution in [0.5, 0.6) is 0 Å². The van der Waals surface area contributed by atoms with Gasteiger partial charge in [-0.05, 0) is 63.1 Å². The first-order valence-electron chi connectivity index (χ1n) is 15.2. The number of hydrogen-bond donors (Lipinski definition) is 4. The van der Waals surface area contributed by atoms with E-state index in [1.807, 2.05) is 24.3 Å². The molecule has 44 heavy (non-hydrogen) atoms. The predicted molar refractivity (Wildman–Crippen MR) is 172 cm³/mol. The average Bonchev–Trinajstić information content (AvgIpc) is 3.86. The summed E-state index contributed by atoms with van der Waals surface area (Å²) in [6.07, 6.45) is 11.2. The van der Waals surface area contributed by atoms with Gasteiger partial charge in [0.05, 0.1) is 36.6 Å². The molecule has 2 amide bonds. The van der Waals surface area contributed by atoms with E-state index in [2.05, 4.69) is 30.5 Å². The third-order valence-corrected chi connectivity index (χ3v) is 7.97. The van der Waals surface area contributed by atoms with Crippen LogP contribution in [0, 0.1) is 5.92 Å². The van der Waals surface area contributed by atoms with Crippen LogP contribution in [0.25, 0.3) is 10.9 Å². The number of fused-ring (bicyclic) bond motifs is 1. The SMILES string of the molecule is Cl.NCCOCCOCCCNC(=O)C1CCC(N(c2cc(Nc3ccc4cnccc4n3)ncc2C(N)=O)C2CC2)CC1. The fourth-order valence-electron chi connectivity index (χ4n) is 5.68. The third kappa shape index (κ3) is 8.98. The second kappa shape index (κ2) is 16.5. The molecule has 0 spiro atoms. The van der Waals surface area contributed by atoms with E-state index in [9.17, 15) is 9.59 Å². The molecule has 3 aromatic heterocycles. The van der Waals surface area contributed by atoms with Gasteiger partial charge in [-0.2, -0.15) is 0 Å². The van der Waals surface area contributed by atoms with E-state index < -0.39 is 5.91 Å². The predicted octanol–water partition coefficient (Wildman–Crippen LogP) is 3.31. The van der Waals surface area contributed by atoms with Gasteiger partial charge in [0.2, 0.25) is 5.91 Å². The van der Waals surface area contributed by atoms with Crippen molar-refractivity contribution < 1.29 is 19.1 Å². The van der Waals surface area contributed by atoms with E-state index in [0.29, 0.717) is 62.8 Å². The zero-order valence-corrected chi connectivity index (χ0v) is 25.8. The van der Waals surface area contributed by atoms with Gasteiger partial charge >= 0.3 is 0 Å². The van der Waals surface area contributed by atoms with Crippen LogP contribution in [-0.4, -0.2) is 78.4 Å². The summed E-state index contributed by atoms with van der Waals surface area (Å²) >= 11 is 0. The fourth-order valence-corrected chi connectivity index (χ4v) is 5.68. The van der Waals surface area contributed by atoms with E-state index in [0.717, 1.165) is 61.5 Å². The highest BCUT2D eigenvalue weighted by molar-refractivity contribution is 5.99. The maximum absolute atomic E-state index is 12.9. The Balaban J connectivity index is 0.00000442. The Hall–Kier alpha value is -3.58. The van der Waals surface area contributed by atoms with Crippen molar-refractivity contribution in [2.75, 3.05) is 49.7 Å². The first-order valence-corrected chi connectivity index (χ1v) is 15.2. The Morgan fingerprint density at radius 1 is 0.932 bits per heavy atom. The van der Waals surface area contributed by atoms with Gasteiger partial charge in [-0.1, -0.05) is 0 Å². The minimum Gasteiger partial charge on any atom is -0.379 e. The number of carbonyl (C=O) groups is 2. The summed E-state index contributed by atoms with van der Waals surface area (Å²) in [5.74, 6) is 0.830. The Morgan fingerprint density at radius 3 is 2.36 bits per heavy atom. The van der Waals surface area contributed by atoms with Gasteiger partial charge in [-0.15, -0.1) is 12.4 Å². The number of carbonyl (C=O) groups excluding carboxylic acids is 2. The summed E-state index contributed by atoms with van der Waals surface area (Å²) in [4.78, 5) is 41.0. The first-order chi connectivity index (χ1) is 21.0. The summed E-state index contributed by atoms with van der Waals surface area (Å²) in [7, 11) is 0. The molecule has 13 heteroatoms. The maximum atomic E-state index is 12.9. The van der Waals surface area contributed by atoms with Gasteiger partial charge in [0.25, 0.3) is 5.91 Å². The molecule has 0 aromatic carbocycles. The molecule has 0 radical (unpaired) electrons. The molecule has 238 valence electrons. The second-order valence-corrected chi connectivity index (χ2v) is 11.1. The number of pyridine rings is 3. The monoisotopic (exact) mass is 626 g/mol. The Kier molecular flexibility index (Phi) is 12.5. The molecular weight excluding hydrogens is 584 g/mol. The fraction of sp³-hybridized carbons (Fsp3) is 0.516. The van der Waals surface area contributed by atoms with Crippen molar-refractivity contribution in [1.82, 2.24) is 20.3 Å². The zero-order chi connectivity index (χ0) is 30.0. The number of nitrogens with zero attached hydrogens (tertiary/aromatic N) is 4. The summed E-state index contributed by atoms with van der Waals surface area (Å²) in [6, 6.07) is 8.16. The highest BCUT2D eigenvalue weighted by Crippen LogP contribution is 2.41. The van der Waals surface area contributed by atoms with E-state index in [1.54, 1.807) is 18.6 Å². The standard InChI is InChI=1S/C31H42N8O4.ClH/c32-11-15-43-17-16-42-14-1-12-35-31(41)21-2-5-23(6-3-21)39(24-7-8-24)27-18-29(36-20-25(27)30(33)40)38-28-9-4-22-19-34-13-10-26(22)37-28;/h4,9-10,13,18-21,23-24H,1-3,5-8,11-12,14-17,32H2,(H2,33,40)(H,35,41)(H,36,37,38);1H. The van der Waals surface area contributed by atoms with Crippen LogP contribution < -0.4 is 27.0 Å². The van der Waals surface area contributed by atoms with Crippen molar-refractivity contribution in [3.8, 4) is 0 Å². The van der Waals surface area contributed by atoms with Crippen LogP contribution in [-0.2, 0) is 14.3 Å². The smallest absolute Gasteiger partial charge is 0.252 e. The molecule has 2 fully saturated rings. The highest BCUT2D eigenvalue weighted by Gasteiger charge is 2.38. The molecule has 2 aliphatic carbocycles. The number of rotatable bonds is 16. The summed E-state index contributed by atoms with van der Waals surface area (Å²) < 4.78 is 10.8. The van der Waals surface area contributed by atoms with Crippen molar-refractivity contribution in [1.29, 1.82) is 0 Å². The lowest BCUT2D eigenvalue weighted by Crippen LogP contribution is -2.43. The number of hydrogen-bond acceptors (Lipinski definition) is 10. The van der Waals surface area contributed by atoms with E-state index >= 15 is 0 Å². The molecule has 12 nitrogen and oxygen atoms in total. The van der Waals surface area contributed by atoms with Gasteiger partial charge in [-0.25, -0.2) is 9.97 Å². The van der Waals surface area contributed by atoms with Gasteiger partial charge in [0, 0.05) is 67.7 Å². The minimum atomic E-state index is -0.504. The Bertz CT molecular complexity index is 1380. The lowest BCUT2D eigenvalue weighted by Gasteiger charge is -2.39. The van der Waals surface area contributed by atoms with E-state index in [1.165, 1.54) is 0 Å². The number of primary amides is 1. The summed E-state index contributed by atoms with van der Waals surface area (Å²) in [5.41, 5.74) is 13.2. The van der Waals surface area contributed by atoms with Crippen LogP contribution in [0.3, 0.4) is 0 Å². The molecule has 3 aromatic rings. The third-order valence-electron chi connectivity index (χ3n) is 7.97. The molecular formula is C31H43ClN8O4. The van der Waals surface area contributed by atoms with Crippen LogP contribution in [0.4, 0.5) is 17.3 Å². The largest absolute Gasteiger partial charge is 0.379 e. The quantitative estimate of drug-likeness (QED) is 0.173. The molecule has 0 aliphatic heterocycles. The molecule has 0 unspecified atom stereocenters. The van der Waals surface area contributed by atoms with Crippen LogP contribution >= 0.6 is 12.4 Å². The number of anilines is 3. The first kappa shape index (κ1) is 33.3. The molecule has 3 heterocycles. The molecule has 6 N–H and O–H groups in total. The number of nitrogens with one attached hydrogen (secondary N) is 2. The molecule has 0 bridgehead atoms. The maximum Gasteiger partial charge on any atom is 0.252 e. The van der Waals surface area contributed by atoms with E-state index in [-0.39, 0.29) is 30.3 Å². The van der Waals surface area contributed by atoms with Crippen LogP contribution in [0.15, 0.2) is 42.9 Å². The molecule has 2 aliphatic rings.